The number of nitrogens with zero attached hydrogens (tertiary/aromatic N) is 2. The third kappa shape index (κ3) is 16.8. The van der Waals surface area contributed by atoms with Gasteiger partial charge in [0.1, 0.15) is 0 Å². The monoisotopic (exact) mass is 880 g/mol. The molecule has 2 amide bonds. The van der Waals surface area contributed by atoms with Crippen LogP contribution in [0, 0.1) is 0 Å². The Kier molecular flexibility index (Phi) is 24.9. The summed E-state index contributed by atoms with van der Waals surface area (Å²) in [6, 6.07) is 12.4. The van der Waals surface area contributed by atoms with Gasteiger partial charge in [-0.15, -0.1) is 22.7 Å². The van der Waals surface area contributed by atoms with Crippen molar-refractivity contribution in [1.29, 1.82) is 0 Å². The molecule has 5 heterocycles. The minimum atomic E-state index is 0.0216. The van der Waals surface area contributed by atoms with Gasteiger partial charge in [0.2, 0.25) is 0 Å². The molecule has 0 unspecified atom stereocenters. The van der Waals surface area contributed by atoms with Crippen LogP contribution in [-0.2, 0) is 9.59 Å². The first-order valence-corrected chi connectivity index (χ1v) is 27.1. The number of unbranched alkanes of at least 4 members (excludes halogenated alkanes) is 26. The molecule has 2 aliphatic rings. The topological polar surface area (TPSA) is 40.6 Å². The second-order valence-electron chi connectivity index (χ2n) is 16.3. The van der Waals surface area contributed by atoms with Gasteiger partial charge in [-0.3, -0.25) is 9.59 Å². The SMILES string of the molecule is CCCCCCCCCCCCCCCCN1C(=O)C2=C(c3cccs3)N(CCCCCCCCCCCCCCCC)C(=O)C2=C1c1cccs1.c1cc[se]c1. The standard InChI is InChI=1S/C46H72N2O2S2.C4H4Se/c1-3-5-7-9-11-13-15-17-19-21-23-25-27-29-35-47-43(39-33-31-37-51-39)41-42(45(47)49)44(40-34-32-38-52-40)48(46(41)50)36-30-28-26-24-22-20-18-16-14-12-10-8-6-4-2;1-2-4-5-3-1/h31-34,37-38H,3-30,35-36H2,1-2H3;1-4H. The summed E-state index contributed by atoms with van der Waals surface area (Å²) in [6.45, 7) is 5.93. The van der Waals surface area contributed by atoms with Gasteiger partial charge >= 0.3 is 36.5 Å². The van der Waals surface area contributed by atoms with Crippen molar-refractivity contribution < 1.29 is 9.59 Å². The maximum atomic E-state index is 14.3. The van der Waals surface area contributed by atoms with Crippen molar-refractivity contribution in [2.45, 2.75) is 194 Å². The molecule has 0 aliphatic carbocycles. The van der Waals surface area contributed by atoms with Crippen LogP contribution >= 0.6 is 22.7 Å². The Morgan fingerprint density at radius 3 is 0.965 bits per heavy atom. The van der Waals surface area contributed by atoms with Crippen LogP contribution in [0.2, 0.25) is 0 Å². The van der Waals surface area contributed by atoms with E-state index in [0.29, 0.717) is 38.7 Å². The van der Waals surface area contributed by atoms with Crippen LogP contribution in [0.25, 0.3) is 11.4 Å². The molecule has 0 atom stereocenters. The van der Waals surface area contributed by atoms with Gasteiger partial charge in [0.25, 0.3) is 11.8 Å². The number of carbonyl (C=O) groups is 2. The van der Waals surface area contributed by atoms with Gasteiger partial charge in [0.05, 0.1) is 32.3 Å². The number of carbonyl (C=O) groups excluding carboxylic acids is 2. The Bertz CT molecular complexity index is 1410. The summed E-state index contributed by atoms with van der Waals surface area (Å²) < 4.78 is 0. The summed E-state index contributed by atoms with van der Waals surface area (Å²) in [6.07, 6.45) is 36.8. The zero-order valence-corrected chi connectivity index (χ0v) is 39.3. The molecule has 0 fully saturated rings. The van der Waals surface area contributed by atoms with Crippen LogP contribution in [-0.4, -0.2) is 49.2 Å². The van der Waals surface area contributed by atoms with Crippen molar-refractivity contribution in [1.82, 2.24) is 9.80 Å². The average Bonchev–Trinajstić information content (AvgIpc) is 4.09. The van der Waals surface area contributed by atoms with E-state index in [1.54, 1.807) is 22.7 Å². The zero-order valence-electron chi connectivity index (χ0n) is 35.9. The van der Waals surface area contributed by atoms with Crippen LogP contribution in [0.3, 0.4) is 0 Å². The average molecular weight is 880 g/mol. The van der Waals surface area contributed by atoms with Crippen LogP contribution in [0.4, 0.5) is 0 Å². The summed E-state index contributed by atoms with van der Waals surface area (Å²) in [5.74, 6) is 0.0432. The van der Waals surface area contributed by atoms with E-state index in [0.717, 1.165) is 46.8 Å². The molecular weight excluding hydrogens is 804 g/mol. The molecule has 0 bridgehead atoms. The zero-order chi connectivity index (χ0) is 40.2. The van der Waals surface area contributed by atoms with Gasteiger partial charge in [0, 0.05) is 13.1 Å². The summed E-state index contributed by atoms with van der Waals surface area (Å²) in [5.41, 5.74) is 3.00. The second-order valence-corrected chi connectivity index (χ2v) is 19.9. The number of hydrogen-bond donors (Lipinski definition) is 0. The molecule has 57 heavy (non-hydrogen) atoms. The predicted molar refractivity (Wildman–Crippen MR) is 250 cm³/mol. The van der Waals surface area contributed by atoms with Gasteiger partial charge in [0.15, 0.2) is 0 Å². The fourth-order valence-corrected chi connectivity index (χ4v) is 10.8. The predicted octanol–water partition coefficient (Wildman–Crippen LogP) is 15.3. The molecule has 0 aromatic carbocycles. The van der Waals surface area contributed by atoms with Gasteiger partial charge < -0.3 is 9.80 Å². The number of thiophene rings is 2. The van der Waals surface area contributed by atoms with Crippen LogP contribution in [0.1, 0.15) is 203 Å². The van der Waals surface area contributed by atoms with Crippen molar-refractivity contribution in [3.63, 3.8) is 0 Å². The first kappa shape index (κ1) is 47.5. The molecule has 0 spiro atoms. The molecule has 0 radical (unpaired) electrons. The first-order chi connectivity index (χ1) is 28.2. The Labute approximate surface area is 362 Å². The van der Waals surface area contributed by atoms with E-state index >= 15 is 0 Å². The molecule has 4 nitrogen and oxygen atoms in total. The Morgan fingerprint density at radius 1 is 0.421 bits per heavy atom. The van der Waals surface area contributed by atoms with Crippen LogP contribution in [0.5, 0.6) is 0 Å². The quantitative estimate of drug-likeness (QED) is 0.0463. The molecule has 0 N–H and O–H groups in total. The Morgan fingerprint density at radius 2 is 0.719 bits per heavy atom. The van der Waals surface area contributed by atoms with Crippen LogP contribution < -0.4 is 0 Å². The summed E-state index contributed by atoms with van der Waals surface area (Å²) in [5, 5.41) is 4.12. The van der Waals surface area contributed by atoms with Gasteiger partial charge in [-0.1, -0.05) is 193 Å². The number of hydrogen-bond acceptors (Lipinski definition) is 4. The molecule has 5 rings (SSSR count). The molecule has 0 saturated heterocycles. The second kappa shape index (κ2) is 29.9. The molecule has 316 valence electrons. The van der Waals surface area contributed by atoms with E-state index in [4.69, 9.17) is 0 Å². The summed E-state index contributed by atoms with van der Waals surface area (Å²) in [4.78, 5) is 39.0. The molecule has 2 aliphatic heterocycles. The summed E-state index contributed by atoms with van der Waals surface area (Å²) >= 11 is 3.98. The van der Waals surface area contributed by atoms with E-state index < -0.39 is 0 Å². The van der Waals surface area contributed by atoms with Gasteiger partial charge in [-0.2, -0.15) is 0 Å². The van der Waals surface area contributed by atoms with E-state index in [2.05, 4.69) is 58.8 Å². The van der Waals surface area contributed by atoms with Crippen molar-refractivity contribution in [3.8, 4) is 0 Å². The Hall–Kier alpha value is -2.18. The number of amides is 2. The maximum absolute atomic E-state index is 14.3. The number of rotatable bonds is 32. The summed E-state index contributed by atoms with van der Waals surface area (Å²) in [7, 11) is 0. The van der Waals surface area contributed by atoms with E-state index in [1.807, 2.05) is 21.9 Å². The third-order valence-electron chi connectivity index (χ3n) is 11.6. The Balaban J connectivity index is 0.00000133. The van der Waals surface area contributed by atoms with E-state index in [9.17, 15) is 9.59 Å². The van der Waals surface area contributed by atoms with Crippen molar-refractivity contribution in [2.75, 3.05) is 13.1 Å². The molecule has 3 aromatic rings. The van der Waals surface area contributed by atoms with Gasteiger partial charge in [-0.05, 0) is 35.7 Å². The normalized spacial score (nSPS) is 14.0. The van der Waals surface area contributed by atoms with Crippen molar-refractivity contribution >= 4 is 60.4 Å². The first-order valence-electron chi connectivity index (χ1n) is 23.4. The van der Waals surface area contributed by atoms with Crippen molar-refractivity contribution in [3.05, 3.63) is 77.9 Å². The minimum absolute atomic E-state index is 0.0216. The van der Waals surface area contributed by atoms with E-state index in [-0.39, 0.29) is 11.8 Å². The molecule has 3 aromatic heterocycles. The third-order valence-corrected chi connectivity index (χ3v) is 14.7. The fourth-order valence-electron chi connectivity index (χ4n) is 8.32. The molecule has 7 heteroatoms. The van der Waals surface area contributed by atoms with Crippen molar-refractivity contribution in [2.24, 2.45) is 0 Å². The fraction of sp³-hybridized carbons (Fsp3) is 0.640. The van der Waals surface area contributed by atoms with Gasteiger partial charge in [-0.25, -0.2) is 0 Å². The molecular formula is C50H76N2O2S2Se. The van der Waals surface area contributed by atoms with Crippen LogP contribution in [0.15, 0.2) is 68.2 Å². The molecule has 0 saturated carbocycles. The van der Waals surface area contributed by atoms with E-state index in [1.165, 1.54) is 154 Å². The number of fused-ring (bicyclic) bond motifs is 1.